The van der Waals surface area contributed by atoms with Crippen LogP contribution in [0.3, 0.4) is 0 Å². The Bertz CT molecular complexity index is 355. The van der Waals surface area contributed by atoms with Crippen molar-refractivity contribution in [2.75, 3.05) is 6.61 Å². The van der Waals surface area contributed by atoms with E-state index in [-0.39, 0.29) is 5.97 Å². The summed E-state index contributed by atoms with van der Waals surface area (Å²) in [5, 5.41) is 0. The molecule has 1 heterocycles. The molecule has 5 heteroatoms. The van der Waals surface area contributed by atoms with Gasteiger partial charge in [-0.2, -0.15) is 0 Å². The summed E-state index contributed by atoms with van der Waals surface area (Å²) < 4.78 is 16.8. The maximum atomic E-state index is 11.7. The van der Waals surface area contributed by atoms with E-state index in [4.69, 9.17) is 14.0 Å². The second-order valence-electron chi connectivity index (χ2n) is 5.62. The fourth-order valence-electron chi connectivity index (χ4n) is 1.60. The van der Waals surface area contributed by atoms with Crippen LogP contribution in [0.5, 0.6) is 0 Å². The molecular weight excluding hydrogens is 231 g/mol. The van der Waals surface area contributed by atoms with E-state index in [0.717, 1.165) is 5.47 Å². The first-order chi connectivity index (χ1) is 8.12. The summed E-state index contributed by atoms with van der Waals surface area (Å²) in [5.74, 6) is -0.315. The quantitative estimate of drug-likeness (QED) is 0.441. The van der Waals surface area contributed by atoms with E-state index >= 15 is 0 Å². The number of esters is 1. The van der Waals surface area contributed by atoms with Crippen molar-refractivity contribution < 1.29 is 18.8 Å². The molecular formula is C13H23BO4. The molecule has 0 radical (unpaired) electrons. The van der Waals surface area contributed by atoms with Crippen LogP contribution < -0.4 is 0 Å². The monoisotopic (exact) mass is 254 g/mol. The van der Waals surface area contributed by atoms with Gasteiger partial charge in [0.25, 0.3) is 0 Å². The summed E-state index contributed by atoms with van der Waals surface area (Å²) >= 11 is 0. The van der Waals surface area contributed by atoms with Crippen molar-refractivity contribution in [1.82, 2.24) is 0 Å². The minimum atomic E-state index is -0.487. The van der Waals surface area contributed by atoms with Crippen LogP contribution in [0.4, 0.5) is 0 Å². The van der Waals surface area contributed by atoms with Gasteiger partial charge in [-0.1, -0.05) is 0 Å². The van der Waals surface area contributed by atoms with E-state index in [1.165, 1.54) is 0 Å². The first kappa shape index (κ1) is 15.3. The summed E-state index contributed by atoms with van der Waals surface area (Å²) in [6.45, 7) is 13.7. The van der Waals surface area contributed by atoms with Crippen LogP contribution in [0.25, 0.3) is 0 Å². The Hall–Kier alpha value is -0.805. The van der Waals surface area contributed by atoms with E-state index in [1.807, 2.05) is 34.6 Å². The molecule has 0 N–H and O–H groups in total. The lowest BCUT2D eigenvalue weighted by Crippen LogP contribution is -2.41. The molecule has 4 nitrogen and oxygen atoms in total. The molecule has 1 aliphatic heterocycles. The first-order valence-electron chi connectivity index (χ1n) is 6.32. The maximum absolute atomic E-state index is 11.7. The van der Waals surface area contributed by atoms with Gasteiger partial charge >= 0.3 is 13.1 Å². The average Bonchev–Trinajstić information content (AvgIpc) is 2.46. The van der Waals surface area contributed by atoms with Crippen LogP contribution in [0, 0.1) is 0 Å². The predicted molar refractivity (Wildman–Crippen MR) is 71.1 cm³/mol. The molecule has 0 amide bonds. The molecule has 102 valence electrons. The van der Waals surface area contributed by atoms with Gasteiger partial charge in [0.1, 0.15) is 0 Å². The number of allylic oxidation sites excluding steroid dienone is 1. The smallest absolute Gasteiger partial charge is 0.463 e. The zero-order chi connectivity index (χ0) is 14.1. The second kappa shape index (κ2) is 5.06. The van der Waals surface area contributed by atoms with Crippen molar-refractivity contribution in [2.45, 2.75) is 59.7 Å². The molecule has 0 spiro atoms. The summed E-state index contributed by atoms with van der Waals surface area (Å²) in [6.07, 6.45) is 0. The fourth-order valence-corrected chi connectivity index (χ4v) is 1.60. The third-order valence-electron chi connectivity index (χ3n) is 3.78. The number of carbonyl (C=O) groups is 1. The maximum Gasteiger partial charge on any atom is 0.490 e. The third-order valence-corrected chi connectivity index (χ3v) is 3.78. The summed E-state index contributed by atoms with van der Waals surface area (Å²) in [6, 6.07) is 0. The molecule has 0 bridgehead atoms. The van der Waals surface area contributed by atoms with Gasteiger partial charge in [0, 0.05) is 5.57 Å². The molecule has 1 fully saturated rings. The highest BCUT2D eigenvalue weighted by Crippen LogP contribution is 2.38. The van der Waals surface area contributed by atoms with Gasteiger partial charge in [0.15, 0.2) is 0 Å². The molecule has 0 aromatic carbocycles. The van der Waals surface area contributed by atoms with Gasteiger partial charge in [-0.15, -0.1) is 0 Å². The van der Waals surface area contributed by atoms with E-state index in [1.54, 1.807) is 13.8 Å². The van der Waals surface area contributed by atoms with E-state index in [0.29, 0.717) is 12.2 Å². The number of hydrogen-bond acceptors (Lipinski definition) is 4. The van der Waals surface area contributed by atoms with Crippen LogP contribution in [-0.4, -0.2) is 30.9 Å². The molecule has 1 saturated heterocycles. The van der Waals surface area contributed by atoms with Crippen molar-refractivity contribution in [3.63, 3.8) is 0 Å². The Balaban J connectivity index is 2.91. The molecule has 0 aliphatic carbocycles. The zero-order valence-corrected chi connectivity index (χ0v) is 12.4. The Morgan fingerprint density at radius 2 is 1.56 bits per heavy atom. The number of carbonyl (C=O) groups excluding carboxylic acids is 1. The molecule has 0 saturated carbocycles. The lowest BCUT2D eigenvalue weighted by atomic mass is 9.76. The lowest BCUT2D eigenvalue weighted by molar-refractivity contribution is -0.138. The lowest BCUT2D eigenvalue weighted by Gasteiger charge is -2.32. The number of ether oxygens (including phenoxy) is 1. The van der Waals surface area contributed by atoms with Crippen molar-refractivity contribution >= 4 is 13.1 Å². The summed E-state index contributed by atoms with van der Waals surface area (Å²) in [7, 11) is -0.487. The Kier molecular flexibility index (Phi) is 4.28. The summed E-state index contributed by atoms with van der Waals surface area (Å²) in [5.41, 5.74) is 0.532. The van der Waals surface area contributed by atoms with Gasteiger partial charge in [-0.3, -0.25) is 0 Å². The standard InChI is InChI=1S/C13H23BO4/c1-8-16-11(15)9(2)10(3)14-17-12(4,5)13(6,7)18-14/h8H2,1-7H3/b10-9+. The van der Waals surface area contributed by atoms with Crippen LogP contribution in [0.15, 0.2) is 11.0 Å². The van der Waals surface area contributed by atoms with Crippen LogP contribution in [0.1, 0.15) is 48.5 Å². The minimum absolute atomic E-state index is 0.315. The Labute approximate surface area is 110 Å². The average molecular weight is 254 g/mol. The normalized spacial score (nSPS) is 22.7. The fraction of sp³-hybridized carbons (Fsp3) is 0.769. The van der Waals surface area contributed by atoms with Gasteiger partial charge in [-0.25, -0.2) is 4.79 Å². The molecule has 18 heavy (non-hydrogen) atoms. The zero-order valence-electron chi connectivity index (χ0n) is 12.4. The topological polar surface area (TPSA) is 44.8 Å². The highest BCUT2D eigenvalue weighted by atomic mass is 16.7. The van der Waals surface area contributed by atoms with Gasteiger partial charge in [0.2, 0.25) is 0 Å². The van der Waals surface area contributed by atoms with Crippen molar-refractivity contribution in [3.05, 3.63) is 11.0 Å². The van der Waals surface area contributed by atoms with Crippen LogP contribution in [-0.2, 0) is 18.8 Å². The van der Waals surface area contributed by atoms with Gasteiger partial charge in [-0.05, 0) is 53.9 Å². The van der Waals surface area contributed by atoms with Crippen molar-refractivity contribution in [3.8, 4) is 0 Å². The van der Waals surface area contributed by atoms with Crippen LogP contribution in [0.2, 0.25) is 0 Å². The van der Waals surface area contributed by atoms with E-state index in [9.17, 15) is 4.79 Å². The Morgan fingerprint density at radius 3 is 1.94 bits per heavy atom. The minimum Gasteiger partial charge on any atom is -0.463 e. The molecule has 0 atom stereocenters. The van der Waals surface area contributed by atoms with Gasteiger partial charge < -0.3 is 14.0 Å². The highest BCUT2D eigenvalue weighted by Gasteiger charge is 2.52. The Morgan fingerprint density at radius 1 is 1.11 bits per heavy atom. The van der Waals surface area contributed by atoms with Crippen LogP contribution >= 0.6 is 0 Å². The SMILES string of the molecule is CCOC(=O)/C(C)=C(\C)B1OC(C)(C)C(C)(C)O1. The van der Waals surface area contributed by atoms with E-state index in [2.05, 4.69) is 0 Å². The molecule has 0 aromatic heterocycles. The predicted octanol–water partition coefficient (Wildman–Crippen LogP) is 2.52. The summed E-state index contributed by atoms with van der Waals surface area (Å²) in [4.78, 5) is 11.7. The number of hydrogen-bond donors (Lipinski definition) is 0. The molecule has 0 aromatic rings. The number of rotatable bonds is 3. The first-order valence-corrected chi connectivity index (χ1v) is 6.32. The van der Waals surface area contributed by atoms with Gasteiger partial charge in [0.05, 0.1) is 17.8 Å². The molecule has 0 unspecified atom stereocenters. The second-order valence-corrected chi connectivity index (χ2v) is 5.62. The largest absolute Gasteiger partial charge is 0.490 e. The third kappa shape index (κ3) is 2.78. The van der Waals surface area contributed by atoms with E-state index < -0.39 is 18.3 Å². The molecule has 1 aliphatic rings. The highest BCUT2D eigenvalue weighted by molar-refractivity contribution is 6.55. The van der Waals surface area contributed by atoms with Crippen molar-refractivity contribution in [2.24, 2.45) is 0 Å². The van der Waals surface area contributed by atoms with Crippen molar-refractivity contribution in [1.29, 1.82) is 0 Å². The molecule has 1 rings (SSSR count).